The molecular weight excluding hydrogens is 248 g/mol. The molecule has 19 heavy (non-hydrogen) atoms. The second-order valence-corrected chi connectivity index (χ2v) is 4.14. The van der Waals surface area contributed by atoms with Crippen molar-refractivity contribution in [1.82, 2.24) is 15.3 Å². The molecule has 0 bridgehead atoms. The van der Waals surface area contributed by atoms with Gasteiger partial charge in [0.2, 0.25) is 0 Å². The molecule has 1 aromatic heterocycles. The van der Waals surface area contributed by atoms with Crippen LogP contribution >= 0.6 is 0 Å². The van der Waals surface area contributed by atoms with Crippen LogP contribution < -0.4 is 5.32 Å². The van der Waals surface area contributed by atoms with Crippen molar-refractivity contribution in [2.45, 2.75) is 19.4 Å². The lowest BCUT2D eigenvalue weighted by molar-refractivity contribution is 0.474. The second-order valence-electron chi connectivity index (χ2n) is 4.14. The number of hydrogen-bond acceptors (Lipinski definition) is 3. The number of hydrogen-bond donors (Lipinski definition) is 1. The van der Waals surface area contributed by atoms with Crippen molar-refractivity contribution in [2.75, 3.05) is 6.54 Å². The monoisotopic (exact) mass is 263 g/mol. The summed E-state index contributed by atoms with van der Waals surface area (Å²) in [5, 5.41) is 3.14. The molecule has 0 saturated carbocycles. The zero-order valence-corrected chi connectivity index (χ0v) is 10.6. The Bertz CT molecular complexity index is 531. The first-order valence-corrected chi connectivity index (χ1v) is 6.18. The molecule has 0 aliphatic heterocycles. The zero-order valence-electron chi connectivity index (χ0n) is 10.6. The van der Waals surface area contributed by atoms with Gasteiger partial charge >= 0.3 is 0 Å². The van der Waals surface area contributed by atoms with Crippen molar-refractivity contribution in [3.8, 4) is 0 Å². The van der Waals surface area contributed by atoms with Gasteiger partial charge < -0.3 is 5.32 Å². The standard InChI is InChI=1S/C14H15F2N3/c1-2-7-17-13(14-18-8-4-9-19-14)10-5-3-6-11(15)12(10)16/h3-6,8-9,13,17H,2,7H2,1H3. The molecule has 1 atom stereocenters. The summed E-state index contributed by atoms with van der Waals surface area (Å²) in [7, 11) is 0. The largest absolute Gasteiger partial charge is 0.304 e. The number of rotatable bonds is 5. The molecule has 0 aliphatic rings. The molecular formula is C14H15F2N3. The van der Waals surface area contributed by atoms with Gasteiger partial charge in [0.15, 0.2) is 11.6 Å². The van der Waals surface area contributed by atoms with Crippen LogP contribution in [0.25, 0.3) is 0 Å². The van der Waals surface area contributed by atoms with Gasteiger partial charge in [-0.25, -0.2) is 18.7 Å². The van der Waals surface area contributed by atoms with Crippen LogP contribution in [0.2, 0.25) is 0 Å². The number of halogens is 2. The van der Waals surface area contributed by atoms with Gasteiger partial charge in [-0.15, -0.1) is 0 Å². The molecule has 5 heteroatoms. The van der Waals surface area contributed by atoms with Crippen LogP contribution in [0, 0.1) is 11.6 Å². The fraction of sp³-hybridized carbons (Fsp3) is 0.286. The minimum atomic E-state index is -0.864. The average Bonchev–Trinajstić information content (AvgIpc) is 2.45. The minimum Gasteiger partial charge on any atom is -0.304 e. The van der Waals surface area contributed by atoms with E-state index in [1.807, 2.05) is 6.92 Å². The maximum atomic E-state index is 13.9. The molecule has 1 N–H and O–H groups in total. The summed E-state index contributed by atoms with van der Waals surface area (Å²) < 4.78 is 27.2. The summed E-state index contributed by atoms with van der Waals surface area (Å²) in [6.45, 7) is 2.66. The third-order valence-corrected chi connectivity index (χ3v) is 2.73. The zero-order chi connectivity index (χ0) is 13.7. The third kappa shape index (κ3) is 3.12. The van der Waals surface area contributed by atoms with Crippen LogP contribution in [0.5, 0.6) is 0 Å². The molecule has 0 radical (unpaired) electrons. The van der Waals surface area contributed by atoms with E-state index in [2.05, 4.69) is 15.3 Å². The van der Waals surface area contributed by atoms with Crippen LogP contribution in [0.15, 0.2) is 36.7 Å². The highest BCUT2D eigenvalue weighted by Crippen LogP contribution is 2.23. The van der Waals surface area contributed by atoms with Crippen LogP contribution in [0.1, 0.15) is 30.8 Å². The number of aromatic nitrogens is 2. The van der Waals surface area contributed by atoms with Crippen LogP contribution in [0.3, 0.4) is 0 Å². The fourth-order valence-corrected chi connectivity index (χ4v) is 1.83. The van der Waals surface area contributed by atoms with E-state index in [1.165, 1.54) is 6.07 Å². The van der Waals surface area contributed by atoms with Gasteiger partial charge in [0, 0.05) is 18.0 Å². The summed E-state index contributed by atoms with van der Waals surface area (Å²) in [6, 6.07) is 5.26. The van der Waals surface area contributed by atoms with E-state index < -0.39 is 17.7 Å². The maximum absolute atomic E-state index is 13.9. The lowest BCUT2D eigenvalue weighted by atomic mass is 10.0. The predicted octanol–water partition coefficient (Wildman–Crippen LogP) is 2.84. The Labute approximate surface area is 110 Å². The second kappa shape index (κ2) is 6.33. The van der Waals surface area contributed by atoms with E-state index in [1.54, 1.807) is 24.5 Å². The first kappa shape index (κ1) is 13.5. The average molecular weight is 263 g/mol. The summed E-state index contributed by atoms with van der Waals surface area (Å²) in [4.78, 5) is 8.23. The van der Waals surface area contributed by atoms with E-state index in [-0.39, 0.29) is 5.56 Å². The van der Waals surface area contributed by atoms with E-state index in [0.29, 0.717) is 12.4 Å². The Balaban J connectivity index is 2.40. The van der Waals surface area contributed by atoms with Crippen LogP contribution in [-0.4, -0.2) is 16.5 Å². The van der Waals surface area contributed by atoms with Gasteiger partial charge in [-0.05, 0) is 25.1 Å². The first-order chi connectivity index (χ1) is 9.24. The molecule has 0 aliphatic carbocycles. The number of benzene rings is 1. The molecule has 1 aromatic carbocycles. The highest BCUT2D eigenvalue weighted by atomic mass is 19.2. The van der Waals surface area contributed by atoms with Crippen molar-refractivity contribution in [3.63, 3.8) is 0 Å². The normalized spacial score (nSPS) is 12.4. The van der Waals surface area contributed by atoms with Crippen molar-refractivity contribution >= 4 is 0 Å². The molecule has 3 nitrogen and oxygen atoms in total. The molecule has 2 aromatic rings. The van der Waals surface area contributed by atoms with E-state index in [9.17, 15) is 8.78 Å². The van der Waals surface area contributed by atoms with Gasteiger partial charge in [0.1, 0.15) is 5.82 Å². The smallest absolute Gasteiger partial charge is 0.164 e. The van der Waals surface area contributed by atoms with Gasteiger partial charge in [-0.3, -0.25) is 0 Å². The van der Waals surface area contributed by atoms with E-state index in [0.717, 1.165) is 12.5 Å². The van der Waals surface area contributed by atoms with Gasteiger partial charge in [0.05, 0.1) is 6.04 Å². The molecule has 0 amide bonds. The van der Waals surface area contributed by atoms with Crippen LogP contribution in [-0.2, 0) is 0 Å². The summed E-state index contributed by atoms with van der Waals surface area (Å²) >= 11 is 0. The topological polar surface area (TPSA) is 37.8 Å². The van der Waals surface area contributed by atoms with Crippen molar-refractivity contribution in [1.29, 1.82) is 0 Å². The molecule has 1 heterocycles. The Morgan fingerprint density at radius 3 is 2.58 bits per heavy atom. The Hall–Kier alpha value is -1.88. The Morgan fingerprint density at radius 2 is 1.89 bits per heavy atom. The molecule has 2 rings (SSSR count). The van der Waals surface area contributed by atoms with E-state index >= 15 is 0 Å². The lowest BCUT2D eigenvalue weighted by Gasteiger charge is -2.18. The lowest BCUT2D eigenvalue weighted by Crippen LogP contribution is -2.26. The van der Waals surface area contributed by atoms with Crippen molar-refractivity contribution in [3.05, 3.63) is 59.7 Å². The van der Waals surface area contributed by atoms with Gasteiger partial charge in [-0.1, -0.05) is 19.1 Å². The number of nitrogens with one attached hydrogen (secondary N) is 1. The highest BCUT2D eigenvalue weighted by Gasteiger charge is 2.21. The summed E-state index contributed by atoms with van der Waals surface area (Å²) in [5.41, 5.74) is 0.222. The Morgan fingerprint density at radius 1 is 1.16 bits per heavy atom. The predicted molar refractivity (Wildman–Crippen MR) is 68.5 cm³/mol. The highest BCUT2D eigenvalue weighted by molar-refractivity contribution is 5.27. The van der Waals surface area contributed by atoms with Crippen LogP contribution in [0.4, 0.5) is 8.78 Å². The molecule has 0 fully saturated rings. The molecule has 1 unspecified atom stereocenters. The summed E-state index contributed by atoms with van der Waals surface area (Å²) in [5.74, 6) is -1.29. The summed E-state index contributed by atoms with van der Waals surface area (Å²) in [6.07, 6.45) is 4.04. The first-order valence-electron chi connectivity index (χ1n) is 6.18. The maximum Gasteiger partial charge on any atom is 0.164 e. The van der Waals surface area contributed by atoms with Gasteiger partial charge in [0.25, 0.3) is 0 Å². The molecule has 0 spiro atoms. The SMILES string of the molecule is CCCNC(c1ncccn1)c1cccc(F)c1F. The molecule has 100 valence electrons. The number of nitrogens with zero attached hydrogens (tertiary/aromatic N) is 2. The molecule has 0 saturated heterocycles. The third-order valence-electron chi connectivity index (χ3n) is 2.73. The minimum absolute atomic E-state index is 0.222. The fourth-order valence-electron chi connectivity index (χ4n) is 1.83. The van der Waals surface area contributed by atoms with Crippen molar-refractivity contribution in [2.24, 2.45) is 0 Å². The van der Waals surface area contributed by atoms with E-state index in [4.69, 9.17) is 0 Å². The van der Waals surface area contributed by atoms with Crippen molar-refractivity contribution < 1.29 is 8.78 Å². The van der Waals surface area contributed by atoms with Gasteiger partial charge in [-0.2, -0.15) is 0 Å². The Kier molecular flexibility index (Phi) is 4.52. The quantitative estimate of drug-likeness (QED) is 0.901.